The van der Waals surface area contributed by atoms with Gasteiger partial charge in [-0.3, -0.25) is 0 Å². The molecule has 0 bridgehead atoms. The van der Waals surface area contributed by atoms with E-state index in [1.165, 1.54) is 55.6 Å². The molecule has 0 nitrogen and oxygen atoms in total. The van der Waals surface area contributed by atoms with Crippen molar-refractivity contribution < 1.29 is 0 Å². The van der Waals surface area contributed by atoms with E-state index >= 15 is 0 Å². The van der Waals surface area contributed by atoms with E-state index in [9.17, 15) is 0 Å². The molecule has 0 N–H and O–H groups in total. The Morgan fingerprint density at radius 3 is 1.02 bits per heavy atom. The van der Waals surface area contributed by atoms with Crippen LogP contribution in [0.2, 0.25) is 39.3 Å². The van der Waals surface area contributed by atoms with E-state index in [2.05, 4.69) is 161 Å². The molecule has 6 aromatic rings. The van der Waals surface area contributed by atoms with Crippen LogP contribution in [0.5, 0.6) is 0 Å². The normalized spacial score (nSPS) is 16.8. The van der Waals surface area contributed by atoms with E-state index in [1.54, 1.807) is 31.1 Å². The first kappa shape index (κ1) is 27.3. The summed E-state index contributed by atoms with van der Waals surface area (Å²) >= 11 is 0. The third-order valence-electron chi connectivity index (χ3n) is 11.5. The summed E-state index contributed by atoms with van der Waals surface area (Å²) in [5.41, 5.74) is 14.0. The zero-order chi connectivity index (χ0) is 30.9. The third kappa shape index (κ3) is 3.63. The van der Waals surface area contributed by atoms with E-state index in [0.717, 1.165) is 0 Å². The van der Waals surface area contributed by atoms with Crippen LogP contribution in [0.25, 0.3) is 55.6 Å². The third-order valence-corrected chi connectivity index (χ3v) is 22.2. The summed E-state index contributed by atoms with van der Waals surface area (Å²) in [4.78, 5) is 0. The number of hydrogen-bond donors (Lipinski definition) is 0. The first-order valence-electron chi connectivity index (χ1n) is 16.4. The number of fused-ring (bicyclic) bond motifs is 9. The van der Waals surface area contributed by atoms with Gasteiger partial charge >= 0.3 is 0 Å². The van der Waals surface area contributed by atoms with E-state index in [0.29, 0.717) is 0 Å². The highest BCUT2D eigenvalue weighted by Crippen LogP contribution is 2.37. The topological polar surface area (TPSA) is 0 Å². The van der Waals surface area contributed by atoms with E-state index in [-0.39, 0.29) is 0 Å². The lowest BCUT2D eigenvalue weighted by atomic mass is 9.95. The highest BCUT2D eigenvalue weighted by atomic mass is 28.3. The lowest BCUT2D eigenvalue weighted by Crippen LogP contribution is -2.49. The Labute approximate surface area is 270 Å². The molecule has 45 heavy (non-hydrogen) atoms. The van der Waals surface area contributed by atoms with Gasteiger partial charge in [-0.2, -0.15) is 0 Å². The Hall–Kier alpha value is -4.03. The van der Waals surface area contributed by atoms with Gasteiger partial charge in [0.25, 0.3) is 0 Å². The van der Waals surface area contributed by atoms with Crippen LogP contribution in [0, 0.1) is 0 Å². The summed E-state index contributed by atoms with van der Waals surface area (Å²) in [6, 6.07) is 47.4. The Morgan fingerprint density at radius 1 is 0.267 bits per heavy atom. The number of rotatable bonds is 2. The average Bonchev–Trinajstić information content (AvgIpc) is 3.53. The summed E-state index contributed by atoms with van der Waals surface area (Å²) in [7, 11) is -5.22. The van der Waals surface area contributed by atoms with Gasteiger partial charge in [-0.05, 0) is 98.9 Å². The van der Waals surface area contributed by atoms with Crippen LogP contribution in [0.15, 0.2) is 121 Å². The van der Waals surface area contributed by atoms with Crippen LogP contribution in [0.4, 0.5) is 0 Å². The van der Waals surface area contributed by atoms with Gasteiger partial charge < -0.3 is 0 Å². The van der Waals surface area contributed by atoms with Crippen LogP contribution in [-0.4, -0.2) is 24.2 Å². The summed E-state index contributed by atoms with van der Waals surface area (Å²) in [6.45, 7) is 15.1. The van der Waals surface area contributed by atoms with Gasteiger partial charge in [-0.15, -0.1) is 0 Å². The minimum absolute atomic E-state index is 1.34. The lowest BCUT2D eigenvalue weighted by molar-refractivity contribution is 1.62. The SMILES string of the molecule is C[Si]1(C)c2ccc(-c3ccc4c(c3)[Si](C)(C)c3ccccc3-4)cc2-c2cc(-c3ccc4c(c3)[Si](C)(C)c3ccccc3-4)ccc21. The van der Waals surface area contributed by atoms with E-state index in [1.807, 2.05) is 0 Å². The molecule has 218 valence electrons. The highest BCUT2D eigenvalue weighted by molar-refractivity contribution is 7.05. The van der Waals surface area contributed by atoms with Gasteiger partial charge in [-0.1, -0.05) is 148 Å². The molecule has 3 heteroatoms. The fourth-order valence-corrected chi connectivity index (χ4v) is 18.2. The lowest BCUT2D eigenvalue weighted by Gasteiger charge is -2.20. The molecule has 6 aromatic carbocycles. The minimum atomic E-state index is -1.78. The van der Waals surface area contributed by atoms with Crippen LogP contribution >= 0.6 is 0 Å². The van der Waals surface area contributed by atoms with Gasteiger partial charge in [0, 0.05) is 0 Å². The molecule has 0 saturated carbocycles. The molecule has 3 heterocycles. The van der Waals surface area contributed by atoms with Gasteiger partial charge in [0.15, 0.2) is 0 Å². The molecule has 0 aromatic heterocycles. The predicted octanol–water partition coefficient (Wildman–Crippen LogP) is 7.43. The fraction of sp³-hybridized carbons (Fsp3) is 0.143. The van der Waals surface area contributed by atoms with Gasteiger partial charge in [-0.25, -0.2) is 0 Å². The van der Waals surface area contributed by atoms with Crippen molar-refractivity contribution >= 4 is 55.3 Å². The van der Waals surface area contributed by atoms with E-state index < -0.39 is 24.2 Å². The van der Waals surface area contributed by atoms with Crippen molar-refractivity contribution in [2.24, 2.45) is 0 Å². The Bertz CT molecular complexity index is 2090. The summed E-state index contributed by atoms with van der Waals surface area (Å²) in [6.07, 6.45) is 0. The van der Waals surface area contributed by atoms with Gasteiger partial charge in [0.1, 0.15) is 24.2 Å². The Morgan fingerprint density at radius 2 is 0.578 bits per heavy atom. The maximum atomic E-state index is 2.53. The second kappa shape index (κ2) is 9.03. The van der Waals surface area contributed by atoms with Crippen molar-refractivity contribution in [1.82, 2.24) is 0 Å². The van der Waals surface area contributed by atoms with E-state index in [4.69, 9.17) is 0 Å². The van der Waals surface area contributed by atoms with Gasteiger partial charge in [0.05, 0.1) is 0 Å². The first-order valence-corrected chi connectivity index (χ1v) is 25.4. The molecule has 9 rings (SSSR count). The molecular formula is C42H38Si3. The van der Waals surface area contributed by atoms with Crippen LogP contribution < -0.4 is 31.1 Å². The quantitative estimate of drug-likeness (QED) is 0.175. The molecular weight excluding hydrogens is 589 g/mol. The van der Waals surface area contributed by atoms with Crippen molar-refractivity contribution in [3.8, 4) is 55.6 Å². The minimum Gasteiger partial charge on any atom is -0.0623 e. The fourth-order valence-electron chi connectivity index (χ4n) is 8.90. The molecule has 0 atom stereocenters. The van der Waals surface area contributed by atoms with Crippen molar-refractivity contribution in [1.29, 1.82) is 0 Å². The zero-order valence-corrected chi connectivity index (χ0v) is 30.0. The first-order chi connectivity index (χ1) is 21.6. The molecule has 0 spiro atoms. The maximum absolute atomic E-state index is 2.53. The second-order valence-corrected chi connectivity index (χ2v) is 28.0. The standard InChI is InChI=1S/C42H38Si3/c1-43(2)39-21-17-27(29-15-19-33-31-11-7-9-13-37(31)44(3,4)41(33)25-29)23-35(39)36-24-28(18-22-40(36)43)30-16-20-34-32-12-8-10-14-38(32)45(5,6)42(34)26-30/h7-26H,1-6H3. The predicted molar refractivity (Wildman–Crippen MR) is 204 cm³/mol. The largest absolute Gasteiger partial charge is 0.113 e. The Balaban J connectivity index is 1.15. The van der Waals surface area contributed by atoms with Crippen molar-refractivity contribution in [2.45, 2.75) is 39.3 Å². The van der Waals surface area contributed by atoms with Gasteiger partial charge in [0.2, 0.25) is 0 Å². The zero-order valence-electron chi connectivity index (χ0n) is 27.0. The summed E-state index contributed by atoms with van der Waals surface area (Å²) < 4.78 is 0. The smallest absolute Gasteiger partial charge is 0.0623 e. The summed E-state index contributed by atoms with van der Waals surface area (Å²) in [5, 5.41) is 9.43. The monoisotopic (exact) mass is 626 g/mol. The summed E-state index contributed by atoms with van der Waals surface area (Å²) in [5.74, 6) is 0. The molecule has 0 radical (unpaired) electrons. The number of benzene rings is 6. The van der Waals surface area contributed by atoms with Crippen molar-refractivity contribution in [3.63, 3.8) is 0 Å². The van der Waals surface area contributed by atoms with Crippen LogP contribution in [0.1, 0.15) is 0 Å². The molecule has 0 fully saturated rings. The number of hydrogen-bond acceptors (Lipinski definition) is 0. The highest BCUT2D eigenvalue weighted by Gasteiger charge is 2.40. The van der Waals surface area contributed by atoms with Crippen molar-refractivity contribution in [2.75, 3.05) is 0 Å². The molecule has 3 aliphatic rings. The molecule has 0 saturated heterocycles. The maximum Gasteiger partial charge on any atom is 0.113 e. The Kier molecular flexibility index (Phi) is 5.48. The van der Waals surface area contributed by atoms with Crippen LogP contribution in [-0.2, 0) is 0 Å². The average molecular weight is 627 g/mol. The van der Waals surface area contributed by atoms with Crippen LogP contribution in [0.3, 0.4) is 0 Å². The molecule has 0 amide bonds. The molecule has 3 aliphatic heterocycles. The second-order valence-electron chi connectivity index (χ2n) is 15.0. The van der Waals surface area contributed by atoms with Crippen molar-refractivity contribution in [3.05, 3.63) is 121 Å². The molecule has 0 unspecified atom stereocenters. The molecule has 0 aliphatic carbocycles.